The van der Waals surface area contributed by atoms with Gasteiger partial charge >= 0.3 is 0 Å². The molecule has 6 nitrogen and oxygen atoms in total. The normalized spacial score (nSPS) is 14.2. The zero-order valence-electron chi connectivity index (χ0n) is 10.9. The first-order chi connectivity index (χ1) is 9.63. The maximum atomic E-state index is 12.0. The number of thiol groups is 1. The van der Waals surface area contributed by atoms with Crippen molar-refractivity contribution >= 4 is 29.9 Å². The van der Waals surface area contributed by atoms with E-state index >= 15 is 0 Å². The van der Waals surface area contributed by atoms with Crippen molar-refractivity contribution in [1.82, 2.24) is 0 Å². The van der Waals surface area contributed by atoms with Gasteiger partial charge in [0.1, 0.15) is 0 Å². The molecule has 0 unspecified atom stereocenters. The molecule has 1 amide bonds. The SMILES string of the molecule is O=C1CCc2cc([N+](=O)[O-])ccc2N1CCOCCS. The van der Waals surface area contributed by atoms with E-state index in [9.17, 15) is 14.9 Å². The number of fused-ring (bicyclic) bond motifs is 1. The Balaban J connectivity index is 2.14. The first-order valence-electron chi connectivity index (χ1n) is 6.40. The predicted octanol–water partition coefficient (Wildman–Crippen LogP) is 1.82. The Bertz CT molecular complexity index is 521. The van der Waals surface area contributed by atoms with Crippen LogP contribution in [0.5, 0.6) is 0 Å². The molecule has 0 aromatic heterocycles. The number of carbonyl (C=O) groups excluding carboxylic acids is 1. The number of nitrogens with zero attached hydrogens (tertiary/aromatic N) is 2. The molecule has 2 rings (SSSR count). The summed E-state index contributed by atoms with van der Waals surface area (Å²) in [7, 11) is 0. The summed E-state index contributed by atoms with van der Waals surface area (Å²) >= 11 is 4.04. The lowest BCUT2D eigenvalue weighted by atomic mass is 10.0. The van der Waals surface area contributed by atoms with E-state index in [-0.39, 0.29) is 11.6 Å². The third-order valence-electron chi connectivity index (χ3n) is 3.17. The highest BCUT2D eigenvalue weighted by atomic mass is 32.1. The van der Waals surface area contributed by atoms with Crippen LogP contribution < -0.4 is 4.90 Å². The van der Waals surface area contributed by atoms with Gasteiger partial charge in [-0.25, -0.2) is 0 Å². The van der Waals surface area contributed by atoms with Crippen molar-refractivity contribution in [2.24, 2.45) is 0 Å². The Morgan fingerprint density at radius 3 is 2.85 bits per heavy atom. The van der Waals surface area contributed by atoms with Crippen LogP contribution in [-0.4, -0.2) is 36.3 Å². The van der Waals surface area contributed by atoms with Gasteiger partial charge in [0.15, 0.2) is 0 Å². The molecule has 1 heterocycles. The summed E-state index contributed by atoms with van der Waals surface area (Å²) in [6.45, 7) is 1.43. The van der Waals surface area contributed by atoms with Crippen LogP contribution in [-0.2, 0) is 16.0 Å². The van der Waals surface area contributed by atoms with Crippen LogP contribution in [0.4, 0.5) is 11.4 Å². The van der Waals surface area contributed by atoms with E-state index in [4.69, 9.17) is 4.74 Å². The van der Waals surface area contributed by atoms with Gasteiger partial charge in [-0.05, 0) is 18.1 Å². The van der Waals surface area contributed by atoms with Crippen molar-refractivity contribution in [2.45, 2.75) is 12.8 Å². The summed E-state index contributed by atoms with van der Waals surface area (Å²) in [5, 5.41) is 10.8. The number of benzene rings is 1. The Morgan fingerprint density at radius 1 is 1.35 bits per heavy atom. The van der Waals surface area contributed by atoms with Crippen LogP contribution in [0.25, 0.3) is 0 Å². The van der Waals surface area contributed by atoms with Gasteiger partial charge in [-0.15, -0.1) is 0 Å². The van der Waals surface area contributed by atoms with Gasteiger partial charge in [-0.3, -0.25) is 14.9 Å². The van der Waals surface area contributed by atoms with E-state index in [0.29, 0.717) is 38.4 Å². The molecule has 108 valence electrons. The number of carbonyl (C=O) groups is 1. The topological polar surface area (TPSA) is 72.7 Å². The second kappa shape index (κ2) is 6.71. The van der Waals surface area contributed by atoms with Crippen LogP contribution >= 0.6 is 12.6 Å². The van der Waals surface area contributed by atoms with Crippen molar-refractivity contribution < 1.29 is 14.5 Å². The third kappa shape index (κ3) is 3.29. The fraction of sp³-hybridized carbons (Fsp3) is 0.462. The lowest BCUT2D eigenvalue weighted by Gasteiger charge is -2.29. The van der Waals surface area contributed by atoms with Crippen LogP contribution in [0.1, 0.15) is 12.0 Å². The van der Waals surface area contributed by atoms with Gasteiger partial charge in [-0.1, -0.05) is 0 Å². The van der Waals surface area contributed by atoms with Crippen molar-refractivity contribution in [3.8, 4) is 0 Å². The predicted molar refractivity (Wildman–Crippen MR) is 78.4 cm³/mol. The van der Waals surface area contributed by atoms with E-state index in [0.717, 1.165) is 11.3 Å². The maximum Gasteiger partial charge on any atom is 0.269 e. The molecule has 0 N–H and O–H groups in total. The zero-order chi connectivity index (χ0) is 14.5. The van der Waals surface area contributed by atoms with Gasteiger partial charge in [-0.2, -0.15) is 12.6 Å². The largest absolute Gasteiger partial charge is 0.379 e. The molecule has 0 aliphatic carbocycles. The van der Waals surface area contributed by atoms with Gasteiger partial charge in [0, 0.05) is 36.5 Å². The standard InChI is InChI=1S/C13H16N2O4S/c16-13-4-1-10-9-11(15(17)18)2-3-12(10)14(13)5-6-19-7-8-20/h2-3,9,20H,1,4-8H2. The average Bonchev–Trinajstić information content (AvgIpc) is 2.44. The molecule has 0 bridgehead atoms. The summed E-state index contributed by atoms with van der Waals surface area (Å²) < 4.78 is 5.33. The molecule has 1 aromatic rings. The molecule has 20 heavy (non-hydrogen) atoms. The Hall–Kier alpha value is -1.60. The number of amides is 1. The molecular weight excluding hydrogens is 280 g/mol. The molecule has 0 saturated heterocycles. The molecule has 1 aliphatic heterocycles. The fourth-order valence-electron chi connectivity index (χ4n) is 2.23. The highest BCUT2D eigenvalue weighted by Gasteiger charge is 2.25. The van der Waals surface area contributed by atoms with Crippen LogP contribution in [0, 0.1) is 10.1 Å². The first-order valence-corrected chi connectivity index (χ1v) is 7.03. The monoisotopic (exact) mass is 296 g/mol. The summed E-state index contributed by atoms with van der Waals surface area (Å²) in [6, 6.07) is 4.62. The summed E-state index contributed by atoms with van der Waals surface area (Å²) in [4.78, 5) is 24.0. The number of hydrogen-bond acceptors (Lipinski definition) is 5. The summed E-state index contributed by atoms with van der Waals surface area (Å²) in [5.41, 5.74) is 1.65. The lowest BCUT2D eigenvalue weighted by molar-refractivity contribution is -0.384. The minimum Gasteiger partial charge on any atom is -0.379 e. The molecule has 1 aliphatic rings. The number of ether oxygens (including phenoxy) is 1. The van der Waals surface area contributed by atoms with Crippen molar-refractivity contribution in [2.75, 3.05) is 30.4 Å². The van der Waals surface area contributed by atoms with Crippen LogP contribution in [0.2, 0.25) is 0 Å². The molecule has 0 atom stereocenters. The van der Waals surface area contributed by atoms with Crippen molar-refractivity contribution in [1.29, 1.82) is 0 Å². The first kappa shape index (κ1) is 14.8. The highest BCUT2D eigenvalue weighted by Crippen LogP contribution is 2.30. The van der Waals surface area contributed by atoms with Gasteiger partial charge in [0.05, 0.1) is 18.1 Å². The second-order valence-corrected chi connectivity index (χ2v) is 4.90. The quantitative estimate of drug-likeness (QED) is 0.376. The molecule has 0 spiro atoms. The number of rotatable bonds is 6. The number of anilines is 1. The van der Waals surface area contributed by atoms with E-state index in [1.807, 2.05) is 0 Å². The Labute approximate surface area is 122 Å². The number of hydrogen-bond donors (Lipinski definition) is 1. The lowest BCUT2D eigenvalue weighted by Crippen LogP contribution is -2.37. The minimum atomic E-state index is -0.420. The minimum absolute atomic E-state index is 0.0285. The second-order valence-electron chi connectivity index (χ2n) is 4.45. The highest BCUT2D eigenvalue weighted by molar-refractivity contribution is 7.80. The third-order valence-corrected chi connectivity index (χ3v) is 3.35. The summed E-state index contributed by atoms with van der Waals surface area (Å²) in [5.74, 6) is 0.664. The Morgan fingerprint density at radius 2 is 2.15 bits per heavy atom. The smallest absolute Gasteiger partial charge is 0.269 e. The van der Waals surface area contributed by atoms with E-state index in [1.54, 1.807) is 17.0 Å². The van der Waals surface area contributed by atoms with Crippen molar-refractivity contribution in [3.05, 3.63) is 33.9 Å². The van der Waals surface area contributed by atoms with Crippen LogP contribution in [0.15, 0.2) is 18.2 Å². The molecule has 0 radical (unpaired) electrons. The number of nitro benzene ring substituents is 1. The van der Waals surface area contributed by atoms with Gasteiger partial charge in [0.25, 0.3) is 5.69 Å². The van der Waals surface area contributed by atoms with Crippen LogP contribution in [0.3, 0.4) is 0 Å². The number of non-ortho nitro benzene ring substituents is 1. The van der Waals surface area contributed by atoms with Crippen molar-refractivity contribution in [3.63, 3.8) is 0 Å². The van der Waals surface area contributed by atoms with E-state index < -0.39 is 4.92 Å². The average molecular weight is 296 g/mol. The maximum absolute atomic E-state index is 12.0. The van der Waals surface area contributed by atoms with E-state index in [2.05, 4.69) is 12.6 Å². The Kier molecular flexibility index (Phi) is 4.97. The molecule has 1 aromatic carbocycles. The molecule has 0 saturated carbocycles. The number of nitro groups is 1. The summed E-state index contributed by atoms with van der Waals surface area (Å²) in [6.07, 6.45) is 0.921. The van der Waals surface area contributed by atoms with E-state index in [1.165, 1.54) is 6.07 Å². The zero-order valence-corrected chi connectivity index (χ0v) is 11.8. The molecule has 0 fully saturated rings. The van der Waals surface area contributed by atoms with Gasteiger partial charge in [0.2, 0.25) is 5.91 Å². The molecular formula is C13H16N2O4S. The molecule has 7 heteroatoms. The number of aryl methyl sites for hydroxylation is 1. The van der Waals surface area contributed by atoms with Gasteiger partial charge < -0.3 is 9.64 Å². The fourth-order valence-corrected chi connectivity index (χ4v) is 2.36.